The van der Waals surface area contributed by atoms with Crippen LogP contribution >= 0.6 is 11.8 Å². The predicted molar refractivity (Wildman–Crippen MR) is 74.4 cm³/mol. The van der Waals surface area contributed by atoms with E-state index in [2.05, 4.69) is 5.32 Å². The van der Waals surface area contributed by atoms with E-state index in [0.717, 1.165) is 12.2 Å². The first-order valence-electron chi connectivity index (χ1n) is 5.67. The highest BCUT2D eigenvalue weighted by atomic mass is 32.2. The number of anilines is 1. The van der Waals surface area contributed by atoms with Crippen LogP contribution in [0.5, 0.6) is 0 Å². The summed E-state index contributed by atoms with van der Waals surface area (Å²) in [5.74, 6) is -0.0263. The molecular weight excluding hydrogens is 250 g/mol. The van der Waals surface area contributed by atoms with Gasteiger partial charge in [-0.2, -0.15) is 11.8 Å². The van der Waals surface area contributed by atoms with Crippen LogP contribution in [-0.4, -0.2) is 29.0 Å². The van der Waals surface area contributed by atoms with Crippen molar-refractivity contribution in [2.24, 2.45) is 0 Å². The number of rotatable bonds is 6. The molecule has 0 fully saturated rings. The number of amides is 1. The number of benzene rings is 1. The van der Waals surface area contributed by atoms with Gasteiger partial charge in [0.1, 0.15) is 0 Å². The van der Waals surface area contributed by atoms with Gasteiger partial charge in [0, 0.05) is 12.1 Å². The summed E-state index contributed by atoms with van der Waals surface area (Å²) in [6, 6.07) is 4.80. The van der Waals surface area contributed by atoms with Crippen LogP contribution < -0.4 is 5.32 Å². The minimum atomic E-state index is -0.953. The van der Waals surface area contributed by atoms with Gasteiger partial charge in [-0.3, -0.25) is 4.79 Å². The zero-order valence-corrected chi connectivity index (χ0v) is 11.3. The maximum absolute atomic E-state index is 11.6. The predicted octanol–water partition coefficient (Wildman–Crippen LogP) is 2.77. The van der Waals surface area contributed by atoms with Gasteiger partial charge in [0.25, 0.3) is 0 Å². The molecule has 4 nitrogen and oxygen atoms in total. The number of carbonyl (C=O) groups is 2. The molecule has 2 N–H and O–H groups in total. The fraction of sp³-hybridized carbons (Fsp3) is 0.385. The highest BCUT2D eigenvalue weighted by Crippen LogP contribution is 2.15. The van der Waals surface area contributed by atoms with E-state index in [1.807, 2.05) is 6.26 Å². The van der Waals surface area contributed by atoms with Crippen molar-refractivity contribution in [1.29, 1.82) is 0 Å². The summed E-state index contributed by atoms with van der Waals surface area (Å²) in [7, 11) is 0. The molecule has 98 valence electrons. The van der Waals surface area contributed by atoms with Gasteiger partial charge in [-0.1, -0.05) is 0 Å². The quantitative estimate of drug-likeness (QED) is 0.778. The minimum absolute atomic E-state index is 0.0356. The van der Waals surface area contributed by atoms with Gasteiger partial charge >= 0.3 is 5.97 Å². The Bertz CT molecular complexity index is 446. The Balaban J connectivity index is 2.60. The van der Waals surface area contributed by atoms with E-state index in [0.29, 0.717) is 17.7 Å². The second-order valence-electron chi connectivity index (χ2n) is 3.98. The van der Waals surface area contributed by atoms with Crippen LogP contribution in [0, 0.1) is 6.92 Å². The highest BCUT2D eigenvalue weighted by molar-refractivity contribution is 7.98. The molecule has 0 heterocycles. The molecule has 0 saturated heterocycles. The third-order valence-electron chi connectivity index (χ3n) is 2.49. The molecule has 1 amide bonds. The Kier molecular flexibility index (Phi) is 5.71. The highest BCUT2D eigenvalue weighted by Gasteiger charge is 2.08. The summed E-state index contributed by atoms with van der Waals surface area (Å²) in [6.45, 7) is 1.72. The van der Waals surface area contributed by atoms with Crippen molar-refractivity contribution >= 4 is 29.3 Å². The Morgan fingerprint density at radius 1 is 1.39 bits per heavy atom. The van der Waals surface area contributed by atoms with E-state index in [1.54, 1.807) is 30.8 Å². The standard InChI is InChI=1S/C13H17NO3S/c1-9-8-10(5-6-11(9)13(16)17)14-12(15)4-3-7-18-2/h5-6,8H,3-4,7H2,1-2H3,(H,14,15)(H,16,17). The molecule has 0 atom stereocenters. The molecule has 0 spiro atoms. The zero-order valence-electron chi connectivity index (χ0n) is 10.5. The number of aryl methyl sites for hydroxylation is 1. The molecule has 1 aromatic rings. The third kappa shape index (κ3) is 4.41. The maximum Gasteiger partial charge on any atom is 0.335 e. The summed E-state index contributed by atoms with van der Waals surface area (Å²) in [5, 5.41) is 11.7. The maximum atomic E-state index is 11.6. The summed E-state index contributed by atoms with van der Waals surface area (Å²) in [5.41, 5.74) is 1.55. The van der Waals surface area contributed by atoms with Gasteiger partial charge in [0.15, 0.2) is 0 Å². The SMILES string of the molecule is CSCCCC(=O)Nc1ccc(C(=O)O)c(C)c1. The number of aromatic carboxylic acids is 1. The molecule has 0 unspecified atom stereocenters. The Morgan fingerprint density at radius 3 is 2.67 bits per heavy atom. The van der Waals surface area contributed by atoms with Gasteiger partial charge in [-0.25, -0.2) is 4.79 Å². The lowest BCUT2D eigenvalue weighted by molar-refractivity contribution is -0.116. The minimum Gasteiger partial charge on any atom is -0.478 e. The molecule has 1 rings (SSSR count). The van der Waals surface area contributed by atoms with E-state index < -0.39 is 5.97 Å². The van der Waals surface area contributed by atoms with E-state index in [1.165, 1.54) is 6.07 Å². The number of nitrogens with one attached hydrogen (secondary N) is 1. The van der Waals surface area contributed by atoms with Crippen molar-refractivity contribution in [1.82, 2.24) is 0 Å². The topological polar surface area (TPSA) is 66.4 Å². The van der Waals surface area contributed by atoms with Crippen LogP contribution in [0.4, 0.5) is 5.69 Å². The van der Waals surface area contributed by atoms with Crippen molar-refractivity contribution in [3.63, 3.8) is 0 Å². The van der Waals surface area contributed by atoms with E-state index in [9.17, 15) is 9.59 Å². The van der Waals surface area contributed by atoms with Gasteiger partial charge in [-0.05, 0) is 49.1 Å². The normalized spacial score (nSPS) is 10.1. The van der Waals surface area contributed by atoms with Crippen molar-refractivity contribution < 1.29 is 14.7 Å². The van der Waals surface area contributed by atoms with Crippen LogP contribution in [-0.2, 0) is 4.79 Å². The first-order valence-corrected chi connectivity index (χ1v) is 7.06. The molecule has 0 aliphatic heterocycles. The van der Waals surface area contributed by atoms with Gasteiger partial charge in [-0.15, -0.1) is 0 Å². The Labute approximate surface area is 111 Å². The van der Waals surface area contributed by atoms with Crippen LogP contribution in [0.3, 0.4) is 0 Å². The molecule has 0 saturated carbocycles. The van der Waals surface area contributed by atoms with Crippen molar-refractivity contribution in [3.8, 4) is 0 Å². The molecule has 0 aromatic heterocycles. The summed E-state index contributed by atoms with van der Waals surface area (Å²) in [4.78, 5) is 22.4. The number of carbonyl (C=O) groups excluding carboxylic acids is 1. The first-order chi connectivity index (χ1) is 8.54. The second kappa shape index (κ2) is 7.06. The molecule has 0 radical (unpaired) electrons. The number of carboxylic acids is 1. The average molecular weight is 267 g/mol. The number of hydrogen-bond acceptors (Lipinski definition) is 3. The van der Waals surface area contributed by atoms with Crippen molar-refractivity contribution in [2.75, 3.05) is 17.3 Å². The molecule has 18 heavy (non-hydrogen) atoms. The van der Waals surface area contributed by atoms with Gasteiger partial charge in [0.05, 0.1) is 5.56 Å². The molecule has 0 aliphatic carbocycles. The molecular formula is C13H17NO3S. The van der Waals surface area contributed by atoms with E-state index in [4.69, 9.17) is 5.11 Å². The fourth-order valence-electron chi connectivity index (χ4n) is 1.58. The Morgan fingerprint density at radius 2 is 2.11 bits per heavy atom. The van der Waals surface area contributed by atoms with Crippen LogP contribution in [0.15, 0.2) is 18.2 Å². The second-order valence-corrected chi connectivity index (χ2v) is 4.96. The molecule has 1 aromatic carbocycles. The van der Waals surface area contributed by atoms with Crippen molar-refractivity contribution in [3.05, 3.63) is 29.3 Å². The summed E-state index contributed by atoms with van der Waals surface area (Å²) in [6.07, 6.45) is 3.34. The van der Waals surface area contributed by atoms with E-state index in [-0.39, 0.29) is 11.5 Å². The average Bonchev–Trinajstić information content (AvgIpc) is 2.28. The van der Waals surface area contributed by atoms with Gasteiger partial charge in [0.2, 0.25) is 5.91 Å². The lowest BCUT2D eigenvalue weighted by Crippen LogP contribution is -2.12. The summed E-state index contributed by atoms with van der Waals surface area (Å²) >= 11 is 1.71. The van der Waals surface area contributed by atoms with Crippen molar-refractivity contribution in [2.45, 2.75) is 19.8 Å². The lowest BCUT2D eigenvalue weighted by atomic mass is 10.1. The molecule has 5 heteroatoms. The summed E-state index contributed by atoms with van der Waals surface area (Å²) < 4.78 is 0. The smallest absolute Gasteiger partial charge is 0.335 e. The molecule has 0 aliphatic rings. The Hall–Kier alpha value is -1.49. The third-order valence-corrected chi connectivity index (χ3v) is 3.19. The zero-order chi connectivity index (χ0) is 13.5. The first kappa shape index (κ1) is 14.6. The van der Waals surface area contributed by atoms with Crippen LogP contribution in [0.2, 0.25) is 0 Å². The number of hydrogen-bond donors (Lipinski definition) is 2. The molecule has 0 bridgehead atoms. The van der Waals surface area contributed by atoms with Crippen LogP contribution in [0.1, 0.15) is 28.8 Å². The lowest BCUT2D eigenvalue weighted by Gasteiger charge is -2.07. The fourth-order valence-corrected chi connectivity index (χ4v) is 2.01. The van der Waals surface area contributed by atoms with E-state index >= 15 is 0 Å². The number of thioether (sulfide) groups is 1. The number of carboxylic acid groups (broad SMARTS) is 1. The largest absolute Gasteiger partial charge is 0.478 e. The van der Waals surface area contributed by atoms with Gasteiger partial charge < -0.3 is 10.4 Å². The monoisotopic (exact) mass is 267 g/mol. The van der Waals surface area contributed by atoms with Crippen LogP contribution in [0.25, 0.3) is 0 Å².